The van der Waals surface area contributed by atoms with Crippen LogP contribution in [0, 0.1) is 6.92 Å². The van der Waals surface area contributed by atoms with Gasteiger partial charge in [0.2, 0.25) is 0 Å². The molecule has 1 atom stereocenters. The Hall–Kier alpha value is -3.68. The highest BCUT2D eigenvalue weighted by Gasteiger charge is 2.46. The Bertz CT molecular complexity index is 1370. The Morgan fingerprint density at radius 2 is 1.86 bits per heavy atom. The summed E-state index contributed by atoms with van der Waals surface area (Å²) < 4.78 is 81.6. The van der Waals surface area contributed by atoms with Crippen molar-refractivity contribution >= 4 is 22.6 Å². The summed E-state index contributed by atoms with van der Waals surface area (Å²) in [6.07, 6.45) is -6.91. The number of carbonyl (C=O) groups is 1. The highest BCUT2D eigenvalue weighted by molar-refractivity contribution is 5.92. The van der Waals surface area contributed by atoms with Gasteiger partial charge in [0, 0.05) is 39.4 Å². The fourth-order valence-electron chi connectivity index (χ4n) is 4.45. The molecule has 1 aliphatic rings. The maximum absolute atomic E-state index is 14.0. The first-order valence-electron chi connectivity index (χ1n) is 11.1. The smallest absolute Gasteiger partial charge is 0.356 e. The molecule has 4 heterocycles. The van der Waals surface area contributed by atoms with Crippen LogP contribution in [0.1, 0.15) is 27.2 Å². The van der Waals surface area contributed by atoms with Crippen LogP contribution in [-0.2, 0) is 12.7 Å². The molecule has 14 heteroatoms. The van der Waals surface area contributed by atoms with E-state index in [4.69, 9.17) is 0 Å². The number of piperazine rings is 1. The van der Waals surface area contributed by atoms with Gasteiger partial charge in [-0.2, -0.15) is 26.3 Å². The van der Waals surface area contributed by atoms with Gasteiger partial charge in [-0.15, -0.1) is 0 Å². The van der Waals surface area contributed by atoms with Gasteiger partial charge in [-0.05, 0) is 36.2 Å². The number of carbonyl (C=O) groups excluding carboxylic acids is 1. The van der Waals surface area contributed by atoms with Crippen molar-refractivity contribution in [2.24, 2.45) is 0 Å². The molecule has 2 N–H and O–H groups in total. The first-order chi connectivity index (χ1) is 17.3. The number of hydrogen-bond donors (Lipinski definition) is 2. The van der Waals surface area contributed by atoms with Crippen molar-refractivity contribution in [2.45, 2.75) is 31.9 Å². The van der Waals surface area contributed by atoms with Crippen LogP contribution in [0.15, 0.2) is 35.4 Å². The molecule has 1 amide bonds. The molecule has 37 heavy (non-hydrogen) atoms. The largest absolute Gasteiger partial charge is 0.422 e. The van der Waals surface area contributed by atoms with Gasteiger partial charge in [-0.25, -0.2) is 4.98 Å². The summed E-state index contributed by atoms with van der Waals surface area (Å²) in [4.78, 5) is 36.6. The number of aryl methyl sites for hydroxylation is 1. The second-order valence-electron chi connectivity index (χ2n) is 8.66. The van der Waals surface area contributed by atoms with E-state index in [9.17, 15) is 35.9 Å². The van der Waals surface area contributed by atoms with Crippen LogP contribution in [-0.4, -0.2) is 64.7 Å². The molecule has 4 rings (SSSR count). The van der Waals surface area contributed by atoms with Crippen molar-refractivity contribution in [3.8, 4) is 0 Å². The second-order valence-corrected chi connectivity index (χ2v) is 8.66. The number of aromatic nitrogens is 3. The third kappa shape index (κ3) is 5.38. The highest BCUT2D eigenvalue weighted by atomic mass is 19.4. The zero-order chi connectivity index (χ0) is 27.1. The number of pyridine rings is 3. The lowest BCUT2D eigenvalue weighted by molar-refractivity contribution is -0.157. The van der Waals surface area contributed by atoms with Crippen molar-refractivity contribution in [1.29, 1.82) is 0 Å². The number of alkyl halides is 6. The lowest BCUT2D eigenvalue weighted by Crippen LogP contribution is -2.59. The van der Waals surface area contributed by atoms with Gasteiger partial charge in [0.05, 0.1) is 22.9 Å². The summed E-state index contributed by atoms with van der Waals surface area (Å²) in [5.41, 5.74) is -2.19. The van der Waals surface area contributed by atoms with E-state index in [1.807, 2.05) is 0 Å². The summed E-state index contributed by atoms with van der Waals surface area (Å²) in [6.45, 7) is 1.05. The summed E-state index contributed by atoms with van der Waals surface area (Å²) in [7, 11) is 1.42. The molecule has 3 aromatic rings. The van der Waals surface area contributed by atoms with Crippen LogP contribution in [0.5, 0.6) is 0 Å². The van der Waals surface area contributed by atoms with E-state index < -0.39 is 35.4 Å². The lowest BCUT2D eigenvalue weighted by atomic mass is 10.1. The standard InChI is InChI=1S/C23H22F6N6O2/c1-12-18(23(27,28)29)21(37)33-16-7-13(8-32-19(12)16)10-34-5-6-35(17(11-34)22(24,25)26)14-3-4-15(31-9-14)20(36)30-2/h3-4,7-9,17H,5-6,10-11H2,1-2H3,(H,30,36)(H,33,37). The van der Waals surface area contributed by atoms with E-state index in [0.29, 0.717) is 5.56 Å². The number of anilines is 1. The van der Waals surface area contributed by atoms with Crippen LogP contribution in [0.2, 0.25) is 0 Å². The molecule has 0 bridgehead atoms. The van der Waals surface area contributed by atoms with Crippen LogP contribution < -0.4 is 15.8 Å². The van der Waals surface area contributed by atoms with Gasteiger partial charge >= 0.3 is 12.4 Å². The molecule has 198 valence electrons. The van der Waals surface area contributed by atoms with Gasteiger partial charge in [0.1, 0.15) is 17.3 Å². The highest BCUT2D eigenvalue weighted by Crippen LogP contribution is 2.33. The third-order valence-corrected chi connectivity index (χ3v) is 6.22. The average molecular weight is 528 g/mol. The third-order valence-electron chi connectivity index (χ3n) is 6.22. The average Bonchev–Trinajstić information content (AvgIpc) is 2.82. The molecule has 3 aromatic heterocycles. The minimum absolute atomic E-state index is 0.0110. The number of rotatable bonds is 4. The molecule has 0 saturated carbocycles. The number of H-pyrrole nitrogens is 1. The normalized spacial score (nSPS) is 17.3. The maximum Gasteiger partial charge on any atom is 0.422 e. The van der Waals surface area contributed by atoms with Crippen LogP contribution in [0.4, 0.5) is 32.0 Å². The Kier molecular flexibility index (Phi) is 6.88. The zero-order valence-electron chi connectivity index (χ0n) is 19.7. The Labute approximate surface area is 206 Å². The minimum atomic E-state index is -4.85. The SMILES string of the molecule is CNC(=O)c1ccc(N2CCN(Cc3cnc4c(C)c(C(F)(F)F)c(=O)[nH]c4c3)CC2C(F)(F)F)cn1. The van der Waals surface area contributed by atoms with Gasteiger partial charge in [0.25, 0.3) is 11.5 Å². The summed E-state index contributed by atoms with van der Waals surface area (Å²) in [5.74, 6) is -0.459. The van der Waals surface area contributed by atoms with Crippen LogP contribution >= 0.6 is 0 Å². The topological polar surface area (TPSA) is 94.2 Å². The zero-order valence-corrected chi connectivity index (χ0v) is 19.7. The fourth-order valence-corrected chi connectivity index (χ4v) is 4.45. The Morgan fingerprint density at radius 1 is 1.14 bits per heavy atom. The molecule has 8 nitrogen and oxygen atoms in total. The number of nitrogens with zero attached hydrogens (tertiary/aromatic N) is 4. The first-order valence-corrected chi connectivity index (χ1v) is 11.1. The number of halogens is 6. The minimum Gasteiger partial charge on any atom is -0.356 e. The van der Waals surface area contributed by atoms with Gasteiger partial charge < -0.3 is 15.2 Å². The number of hydrogen-bond acceptors (Lipinski definition) is 6. The van der Waals surface area contributed by atoms with Gasteiger partial charge in [0.15, 0.2) is 0 Å². The molecule has 0 aliphatic carbocycles. The van der Waals surface area contributed by atoms with E-state index >= 15 is 0 Å². The molecule has 0 radical (unpaired) electrons. The molecule has 1 fully saturated rings. The van der Waals surface area contributed by atoms with E-state index in [-0.39, 0.29) is 54.2 Å². The second kappa shape index (κ2) is 9.65. The quantitative estimate of drug-likeness (QED) is 0.505. The number of amides is 1. The number of fused-ring (bicyclic) bond motifs is 1. The summed E-state index contributed by atoms with van der Waals surface area (Å²) in [5, 5.41) is 2.39. The van der Waals surface area contributed by atoms with Gasteiger partial charge in [-0.3, -0.25) is 19.5 Å². The Morgan fingerprint density at radius 3 is 2.46 bits per heavy atom. The molecule has 1 saturated heterocycles. The summed E-state index contributed by atoms with van der Waals surface area (Å²) >= 11 is 0. The monoisotopic (exact) mass is 528 g/mol. The van der Waals surface area contributed by atoms with Crippen LogP contribution in [0.3, 0.4) is 0 Å². The van der Waals surface area contributed by atoms with E-state index in [0.717, 1.165) is 6.92 Å². The molecular formula is C23H22F6N6O2. The predicted molar refractivity (Wildman–Crippen MR) is 122 cm³/mol. The predicted octanol–water partition coefficient (Wildman–Crippen LogP) is 3.26. The van der Waals surface area contributed by atoms with E-state index in [2.05, 4.69) is 20.3 Å². The molecule has 1 aliphatic heterocycles. The van der Waals surface area contributed by atoms with Gasteiger partial charge in [-0.1, -0.05) is 0 Å². The van der Waals surface area contributed by atoms with E-state index in [1.165, 1.54) is 42.5 Å². The maximum atomic E-state index is 14.0. The van der Waals surface area contributed by atoms with Crippen molar-refractivity contribution in [1.82, 2.24) is 25.2 Å². The van der Waals surface area contributed by atoms with Crippen molar-refractivity contribution in [3.63, 3.8) is 0 Å². The fraction of sp³-hybridized carbons (Fsp3) is 0.391. The van der Waals surface area contributed by atoms with Crippen molar-refractivity contribution < 1.29 is 31.1 Å². The van der Waals surface area contributed by atoms with Crippen molar-refractivity contribution in [2.75, 3.05) is 31.6 Å². The molecule has 0 spiro atoms. The summed E-state index contributed by atoms with van der Waals surface area (Å²) in [6, 6.07) is 2.32. The number of nitrogens with one attached hydrogen (secondary N) is 2. The first kappa shape index (κ1) is 26.4. The molecule has 1 unspecified atom stereocenters. The molecule has 0 aromatic carbocycles. The van der Waals surface area contributed by atoms with Crippen molar-refractivity contribution in [3.05, 3.63) is 63.3 Å². The Balaban J connectivity index is 1.56. The lowest BCUT2D eigenvalue weighted by Gasteiger charge is -2.43. The van der Waals surface area contributed by atoms with E-state index in [1.54, 1.807) is 4.90 Å². The molecular weight excluding hydrogens is 506 g/mol. The number of aromatic amines is 1. The van der Waals surface area contributed by atoms with Crippen LogP contribution in [0.25, 0.3) is 11.0 Å².